The fraction of sp³-hybridized carbons (Fsp3) is 0.778. The molecule has 0 amide bonds. The lowest BCUT2D eigenvalue weighted by Crippen LogP contribution is -2.38. The maximum Gasteiger partial charge on any atom is 0.347 e. The fourth-order valence-electron chi connectivity index (χ4n) is 3.66. The summed E-state index contributed by atoms with van der Waals surface area (Å²) >= 11 is 0. The van der Waals surface area contributed by atoms with Crippen LogP contribution in [0.3, 0.4) is 0 Å². The lowest BCUT2D eigenvalue weighted by atomic mass is 10.1. The molecule has 0 heterocycles. The molecule has 1 unspecified atom stereocenters. The van der Waals surface area contributed by atoms with Crippen molar-refractivity contribution in [3.63, 3.8) is 0 Å². The molecule has 0 saturated heterocycles. The summed E-state index contributed by atoms with van der Waals surface area (Å²) in [4.78, 5) is 0. The zero-order chi connectivity index (χ0) is 27.8. The van der Waals surface area contributed by atoms with Gasteiger partial charge in [0.2, 0.25) is 10.0 Å². The van der Waals surface area contributed by atoms with Crippen molar-refractivity contribution in [3.05, 3.63) is 35.9 Å². The predicted octanol–water partition coefficient (Wildman–Crippen LogP) is 6.07. The van der Waals surface area contributed by atoms with Crippen molar-refractivity contribution < 1.29 is 32.5 Å². The van der Waals surface area contributed by atoms with Crippen molar-refractivity contribution in [2.45, 2.75) is 116 Å². The maximum atomic E-state index is 12.0. The Morgan fingerprint density at radius 1 is 0.865 bits per heavy atom. The first-order valence-electron chi connectivity index (χ1n) is 13.8. The van der Waals surface area contributed by atoms with Gasteiger partial charge in [-0.25, -0.2) is 22.3 Å². The topological polar surface area (TPSA) is 130 Å². The van der Waals surface area contributed by atoms with Crippen LogP contribution in [0.4, 0.5) is 0 Å². The molecule has 0 bridgehead atoms. The monoisotopic (exact) mass is 563 g/mol. The largest absolute Gasteiger partial charge is 0.395 e. The van der Waals surface area contributed by atoms with Gasteiger partial charge in [-0.3, -0.25) is 0 Å². The van der Waals surface area contributed by atoms with Gasteiger partial charge >= 0.3 is 7.68 Å². The first-order valence-corrected chi connectivity index (χ1v) is 16.7. The molecule has 0 saturated carbocycles. The Morgan fingerprint density at radius 2 is 1.41 bits per heavy atom. The van der Waals surface area contributed by atoms with E-state index in [0.717, 1.165) is 50.5 Å². The second kappa shape index (κ2) is 24.0. The standard InChI is InChI=1S/C18H39NO3S.C9H11O4P/c1-3-5-7-9-10-11-12-14-16-23(21,22)19-18(17-20)15-13-8-6-4-2;10-9(14(11)12)7-13-6-8-4-2-1-3-5-8/h18-20H,3-17H2,1-2H3;1-5,9-10H,6-7H2/t18-;/m0./s1. The Morgan fingerprint density at radius 3 is 1.95 bits per heavy atom. The Labute approximate surface area is 225 Å². The molecule has 3 N–H and O–H groups in total. The second-order valence-electron chi connectivity index (χ2n) is 9.41. The Kier molecular flexibility index (Phi) is 23.3. The molecular formula is C27H50NO7PS. The minimum atomic E-state index is -3.25. The summed E-state index contributed by atoms with van der Waals surface area (Å²) in [6.45, 7) is 4.37. The molecule has 0 radical (unpaired) electrons. The van der Waals surface area contributed by atoms with Crippen molar-refractivity contribution in [2.75, 3.05) is 19.0 Å². The van der Waals surface area contributed by atoms with E-state index in [1.807, 2.05) is 30.3 Å². The van der Waals surface area contributed by atoms with Gasteiger partial charge in [0.25, 0.3) is 0 Å². The summed E-state index contributed by atoms with van der Waals surface area (Å²) in [6, 6.07) is 9.03. The molecule has 37 heavy (non-hydrogen) atoms. The third-order valence-corrected chi connectivity index (χ3v) is 8.02. The van der Waals surface area contributed by atoms with Crippen molar-refractivity contribution in [1.29, 1.82) is 0 Å². The van der Waals surface area contributed by atoms with E-state index in [2.05, 4.69) is 18.6 Å². The third kappa shape index (κ3) is 22.6. The van der Waals surface area contributed by atoms with Gasteiger partial charge in [-0.1, -0.05) is 115 Å². The maximum absolute atomic E-state index is 12.0. The van der Waals surface area contributed by atoms with Gasteiger partial charge in [0.15, 0.2) is 5.85 Å². The summed E-state index contributed by atoms with van der Waals surface area (Å²) < 4.78 is 52.2. The van der Waals surface area contributed by atoms with E-state index in [9.17, 15) is 22.7 Å². The molecule has 0 aromatic heterocycles. The number of unbranched alkanes of at least 4 members (excludes halogenated alkanes) is 10. The zero-order valence-corrected chi connectivity index (χ0v) is 24.6. The van der Waals surface area contributed by atoms with Gasteiger partial charge in [-0.15, -0.1) is 0 Å². The third-order valence-electron chi connectivity index (χ3n) is 5.86. The molecule has 0 fully saturated rings. The van der Waals surface area contributed by atoms with Crippen LogP contribution in [0.2, 0.25) is 0 Å². The van der Waals surface area contributed by atoms with Crippen molar-refractivity contribution in [1.82, 2.24) is 4.72 Å². The summed E-state index contributed by atoms with van der Waals surface area (Å²) in [5.74, 6) is -1.22. The highest BCUT2D eigenvalue weighted by molar-refractivity contribution is 7.89. The average molecular weight is 564 g/mol. The lowest BCUT2D eigenvalue weighted by Gasteiger charge is -2.16. The molecule has 10 heteroatoms. The molecule has 1 aromatic carbocycles. The number of hydrogen-bond acceptors (Lipinski definition) is 7. The average Bonchev–Trinajstić information content (AvgIpc) is 2.88. The highest BCUT2D eigenvalue weighted by Crippen LogP contribution is 2.12. The SMILES string of the molecule is CCCCCCCCCCS(=O)(=O)N[C@H](CO)CCCCCC.O=P(=O)C(O)COCc1ccccc1. The molecule has 0 spiro atoms. The number of rotatable bonds is 22. The van der Waals surface area contributed by atoms with E-state index < -0.39 is 23.5 Å². The van der Waals surface area contributed by atoms with E-state index in [1.165, 1.54) is 38.5 Å². The van der Waals surface area contributed by atoms with Crippen LogP contribution in [-0.4, -0.2) is 49.5 Å². The van der Waals surface area contributed by atoms with Gasteiger partial charge < -0.3 is 14.9 Å². The Bertz CT molecular complexity index is 811. The van der Waals surface area contributed by atoms with Crippen molar-refractivity contribution in [2.24, 2.45) is 0 Å². The fourth-order valence-corrected chi connectivity index (χ4v) is 5.29. The van der Waals surface area contributed by atoms with E-state index in [4.69, 9.17) is 9.84 Å². The first kappa shape index (κ1) is 35.9. The molecule has 0 aliphatic rings. The Balaban J connectivity index is 0.000000785. The summed E-state index contributed by atoms with van der Waals surface area (Å²) in [5, 5.41) is 18.2. The van der Waals surface area contributed by atoms with Crippen LogP contribution in [0.5, 0.6) is 0 Å². The highest BCUT2D eigenvalue weighted by Gasteiger charge is 2.16. The molecule has 1 rings (SSSR count). The van der Waals surface area contributed by atoms with Crippen LogP contribution in [0.15, 0.2) is 30.3 Å². The molecule has 0 aliphatic carbocycles. The van der Waals surface area contributed by atoms with E-state index in [1.54, 1.807) is 0 Å². The van der Waals surface area contributed by atoms with E-state index >= 15 is 0 Å². The smallest absolute Gasteiger partial charge is 0.347 e. The van der Waals surface area contributed by atoms with Gasteiger partial charge in [-0.2, -0.15) is 0 Å². The van der Waals surface area contributed by atoms with Crippen molar-refractivity contribution in [3.8, 4) is 0 Å². The number of aliphatic hydroxyl groups is 2. The normalized spacial score (nSPS) is 13.0. The van der Waals surface area contributed by atoms with Crippen LogP contribution < -0.4 is 4.72 Å². The van der Waals surface area contributed by atoms with Crippen LogP contribution in [0.25, 0.3) is 0 Å². The second-order valence-corrected chi connectivity index (χ2v) is 12.4. The molecular weight excluding hydrogens is 513 g/mol. The van der Waals surface area contributed by atoms with E-state index in [-0.39, 0.29) is 25.0 Å². The molecule has 1 aromatic rings. The van der Waals surface area contributed by atoms with Gasteiger partial charge in [0, 0.05) is 6.04 Å². The van der Waals surface area contributed by atoms with Crippen LogP contribution in [-0.2, 0) is 30.5 Å². The van der Waals surface area contributed by atoms with Crippen LogP contribution >= 0.6 is 7.68 Å². The highest BCUT2D eigenvalue weighted by atomic mass is 32.2. The number of aliphatic hydroxyl groups excluding tert-OH is 2. The van der Waals surface area contributed by atoms with Crippen LogP contribution in [0.1, 0.15) is 103 Å². The van der Waals surface area contributed by atoms with Crippen LogP contribution in [0, 0.1) is 0 Å². The molecule has 2 atom stereocenters. The Hall–Kier alpha value is -1.09. The minimum Gasteiger partial charge on any atom is -0.395 e. The van der Waals surface area contributed by atoms with Crippen molar-refractivity contribution >= 4 is 17.7 Å². The quantitative estimate of drug-likeness (QED) is 0.115. The predicted molar refractivity (Wildman–Crippen MR) is 150 cm³/mol. The summed E-state index contributed by atoms with van der Waals surface area (Å²) in [6.07, 6.45) is 14.3. The summed E-state index contributed by atoms with van der Waals surface area (Å²) in [5.41, 5.74) is 0.945. The number of ether oxygens (including phenoxy) is 1. The van der Waals surface area contributed by atoms with E-state index in [0.29, 0.717) is 6.61 Å². The molecule has 8 nitrogen and oxygen atoms in total. The number of benzene rings is 1. The number of sulfonamides is 1. The van der Waals surface area contributed by atoms with Gasteiger partial charge in [0.1, 0.15) is 0 Å². The molecule has 216 valence electrons. The van der Waals surface area contributed by atoms with Gasteiger partial charge in [-0.05, 0) is 18.4 Å². The summed E-state index contributed by atoms with van der Waals surface area (Å²) in [7, 11) is -6.06. The lowest BCUT2D eigenvalue weighted by molar-refractivity contribution is 0.0626. The van der Waals surface area contributed by atoms with Gasteiger partial charge in [0.05, 0.1) is 25.6 Å². The molecule has 0 aliphatic heterocycles. The number of nitrogens with one attached hydrogen (secondary N) is 1. The minimum absolute atomic E-state index is 0.108. The first-order chi connectivity index (χ1) is 17.8. The zero-order valence-electron chi connectivity index (χ0n) is 22.9. The number of hydrogen-bond donors (Lipinski definition) is 3.